The number of H-pyrrole nitrogens is 1. The fourth-order valence-corrected chi connectivity index (χ4v) is 0.349. The zero-order chi connectivity index (χ0) is 5.11. The van der Waals surface area contributed by atoms with Gasteiger partial charge in [0.1, 0.15) is 6.33 Å². The van der Waals surface area contributed by atoms with Gasteiger partial charge in [0.05, 0.1) is 6.33 Å². The van der Waals surface area contributed by atoms with Gasteiger partial charge in [0, 0.05) is 0 Å². The summed E-state index contributed by atoms with van der Waals surface area (Å²) in [7, 11) is 0. The van der Waals surface area contributed by atoms with Crippen LogP contribution in [0.1, 0.15) is 4.28 Å². The molecule has 3 N–H and O–H groups in total. The Morgan fingerprint density at radius 1 is 1.36 bits per heavy atom. The third-order valence-electron chi connectivity index (χ3n) is 0.504. The van der Waals surface area contributed by atoms with Crippen molar-refractivity contribution >= 4 is 12.2 Å². The van der Waals surface area contributed by atoms with E-state index in [2.05, 4.69) is 27.2 Å². The normalized spacial score (nSPS) is 5.45. The second kappa shape index (κ2) is 14.7. The van der Waals surface area contributed by atoms with E-state index >= 15 is 0 Å². The predicted octanol–water partition coefficient (Wildman–Crippen LogP) is -8.94. The van der Waals surface area contributed by atoms with Crippen LogP contribution in [0.25, 0.3) is 0 Å². The Balaban J connectivity index is -0.0000000140. The summed E-state index contributed by atoms with van der Waals surface area (Å²) in [6.45, 7) is 0. The number of hydrogen-bond acceptors (Lipinski definition) is 3. The number of aromatic nitrogens is 3. The van der Waals surface area contributed by atoms with E-state index in [1.165, 1.54) is 12.7 Å². The SMILES string of the molecule is O.S=c1ncnc[nH]1.[H-].[H-].[H-].[Na+].[Na+].[Na+]. The number of nitrogens with one attached hydrogen (secondary N) is 1. The van der Waals surface area contributed by atoms with Crippen molar-refractivity contribution < 1.29 is 98.4 Å². The largest absolute Gasteiger partial charge is 1.00 e. The molecule has 0 radical (unpaired) electrons. The first kappa shape index (κ1) is 23.2. The van der Waals surface area contributed by atoms with Gasteiger partial charge in [-0.2, -0.15) is 0 Å². The molecule has 0 atom stereocenters. The second-order valence-electron chi connectivity index (χ2n) is 0.972. The fourth-order valence-electron chi connectivity index (χ4n) is 0.249. The molecule has 50 valence electrons. The molecule has 0 unspecified atom stereocenters. The Morgan fingerprint density at radius 3 is 2.09 bits per heavy atom. The molecule has 0 amide bonds. The monoisotopic (exact) mass is 203 g/mol. The van der Waals surface area contributed by atoms with Crippen LogP contribution in [0.4, 0.5) is 0 Å². The zero-order valence-corrected chi connectivity index (χ0v) is 13.8. The standard InChI is InChI=1S/C3H3N3S.3Na.H2O.3H/c7-3-5-1-4-2-6-3;;;;;;;/h1-2H,(H,4,5,6,7);;;;1H2;;;/q;3*+1;;3*-1. The summed E-state index contributed by atoms with van der Waals surface area (Å²) in [6, 6.07) is 0. The molecule has 0 aliphatic heterocycles. The van der Waals surface area contributed by atoms with Crippen LogP contribution >= 0.6 is 12.2 Å². The molecule has 1 rings (SSSR count). The van der Waals surface area contributed by atoms with Gasteiger partial charge in [-0.1, -0.05) is 0 Å². The van der Waals surface area contributed by atoms with Gasteiger partial charge >= 0.3 is 88.7 Å². The third-order valence-corrected chi connectivity index (χ3v) is 0.727. The second-order valence-corrected chi connectivity index (χ2v) is 1.36. The molecule has 1 heterocycles. The molecule has 0 aromatic carbocycles. The van der Waals surface area contributed by atoms with Gasteiger partial charge < -0.3 is 14.7 Å². The van der Waals surface area contributed by atoms with E-state index in [9.17, 15) is 0 Å². The van der Waals surface area contributed by atoms with Crippen molar-refractivity contribution in [3.05, 3.63) is 17.4 Å². The minimum atomic E-state index is 0. The summed E-state index contributed by atoms with van der Waals surface area (Å²) in [5.74, 6) is 0. The molecule has 0 spiro atoms. The number of rotatable bonds is 0. The van der Waals surface area contributed by atoms with E-state index in [1.54, 1.807) is 0 Å². The summed E-state index contributed by atoms with van der Waals surface area (Å²) in [5, 5.41) is 0. The maximum absolute atomic E-state index is 4.61. The van der Waals surface area contributed by atoms with Gasteiger partial charge in [-0.25, -0.2) is 9.97 Å². The molecule has 11 heavy (non-hydrogen) atoms. The van der Waals surface area contributed by atoms with Crippen molar-refractivity contribution in [3.63, 3.8) is 0 Å². The average Bonchev–Trinajstić information content (AvgIpc) is 1.69. The van der Waals surface area contributed by atoms with Gasteiger partial charge in [-0.05, 0) is 12.2 Å². The molecule has 8 heteroatoms. The molecule has 0 saturated heterocycles. The van der Waals surface area contributed by atoms with Crippen LogP contribution < -0.4 is 88.7 Å². The van der Waals surface area contributed by atoms with E-state index in [0.29, 0.717) is 4.77 Å². The molecule has 0 saturated carbocycles. The van der Waals surface area contributed by atoms with Crippen molar-refractivity contribution in [3.8, 4) is 0 Å². The van der Waals surface area contributed by atoms with Gasteiger partial charge in [0.15, 0.2) is 4.77 Å². The van der Waals surface area contributed by atoms with Gasteiger partial charge in [0.25, 0.3) is 0 Å². The first-order valence-electron chi connectivity index (χ1n) is 1.74. The van der Waals surface area contributed by atoms with Crippen LogP contribution in [0.5, 0.6) is 0 Å². The predicted molar refractivity (Wildman–Crippen MR) is 34.2 cm³/mol. The fraction of sp³-hybridized carbons (Fsp3) is 0. The van der Waals surface area contributed by atoms with E-state index in [4.69, 9.17) is 0 Å². The Hall–Kier alpha value is 2.19. The topological polar surface area (TPSA) is 73.1 Å². The minimum absolute atomic E-state index is 0. The minimum Gasteiger partial charge on any atom is -1.00 e. The molecule has 4 nitrogen and oxygen atoms in total. The van der Waals surface area contributed by atoms with Crippen LogP contribution in [0.2, 0.25) is 0 Å². The van der Waals surface area contributed by atoms with Crippen molar-refractivity contribution in [2.45, 2.75) is 0 Å². The molecule has 0 aliphatic rings. The van der Waals surface area contributed by atoms with Crippen molar-refractivity contribution in [1.29, 1.82) is 0 Å². The summed E-state index contributed by atoms with van der Waals surface area (Å²) in [5.41, 5.74) is 0. The van der Waals surface area contributed by atoms with Crippen LogP contribution in [-0.4, -0.2) is 20.4 Å². The van der Waals surface area contributed by atoms with Crippen molar-refractivity contribution in [1.82, 2.24) is 15.0 Å². The Labute approximate surface area is 141 Å². The molecular weight excluding hydrogens is 195 g/mol. The van der Waals surface area contributed by atoms with Gasteiger partial charge in [-0.3, -0.25) is 0 Å². The van der Waals surface area contributed by atoms with Gasteiger partial charge in [-0.15, -0.1) is 0 Å². The number of hydrogen-bond donors (Lipinski definition) is 1. The quantitative estimate of drug-likeness (QED) is 0.336. The summed E-state index contributed by atoms with van der Waals surface area (Å²) < 4.78 is 0.468. The van der Waals surface area contributed by atoms with Crippen LogP contribution in [0, 0.1) is 4.77 Å². The number of nitrogens with zero attached hydrogens (tertiary/aromatic N) is 2. The molecular formula is C3H8N3Na3OS. The summed E-state index contributed by atoms with van der Waals surface area (Å²) >= 11 is 4.61. The first-order valence-corrected chi connectivity index (χ1v) is 2.15. The van der Waals surface area contributed by atoms with E-state index in [0.717, 1.165) is 0 Å². The Morgan fingerprint density at radius 2 is 1.91 bits per heavy atom. The third kappa shape index (κ3) is 12.2. The molecule has 1 aromatic heterocycles. The molecule has 0 aliphatic carbocycles. The molecule has 1 aromatic rings. The van der Waals surface area contributed by atoms with Crippen LogP contribution in [0.3, 0.4) is 0 Å². The van der Waals surface area contributed by atoms with Crippen LogP contribution in [0.15, 0.2) is 12.7 Å². The van der Waals surface area contributed by atoms with Crippen molar-refractivity contribution in [2.24, 2.45) is 0 Å². The van der Waals surface area contributed by atoms with Gasteiger partial charge in [0.2, 0.25) is 0 Å². The van der Waals surface area contributed by atoms with E-state index < -0.39 is 0 Å². The van der Waals surface area contributed by atoms with Crippen molar-refractivity contribution in [2.75, 3.05) is 0 Å². The zero-order valence-electron chi connectivity index (χ0n) is 9.96. The van der Waals surface area contributed by atoms with E-state index in [1.807, 2.05) is 0 Å². The molecule has 0 fully saturated rings. The maximum atomic E-state index is 4.61. The summed E-state index contributed by atoms with van der Waals surface area (Å²) in [6.07, 6.45) is 2.90. The Bertz CT molecular complexity index is 200. The smallest absolute Gasteiger partial charge is 1.00 e. The number of aromatic amines is 1. The molecule has 0 bridgehead atoms. The van der Waals surface area contributed by atoms with E-state index in [-0.39, 0.29) is 98.4 Å². The average molecular weight is 203 g/mol. The van der Waals surface area contributed by atoms with Crippen LogP contribution in [-0.2, 0) is 0 Å². The first-order chi connectivity index (χ1) is 3.39. The Kier molecular flexibility index (Phi) is 31.0. The summed E-state index contributed by atoms with van der Waals surface area (Å²) in [4.78, 5) is 9.86. The maximum Gasteiger partial charge on any atom is 1.00 e.